The highest BCUT2D eigenvalue weighted by Gasteiger charge is 1.97. The molecule has 0 aliphatic heterocycles. The third kappa shape index (κ3) is 11.3. The van der Waals surface area contributed by atoms with Crippen LogP contribution in [-0.2, 0) is 4.79 Å². The Hall–Kier alpha value is -0.660. The van der Waals surface area contributed by atoms with Gasteiger partial charge in [0.05, 0.1) is 6.54 Å². The smallest absolute Gasteiger partial charge is 0.222 e. The van der Waals surface area contributed by atoms with Crippen molar-refractivity contribution < 1.29 is 4.79 Å². The van der Waals surface area contributed by atoms with Gasteiger partial charge in [0, 0.05) is 13.0 Å². The van der Waals surface area contributed by atoms with E-state index >= 15 is 0 Å². The Morgan fingerprint density at radius 2 is 2.27 bits per heavy atom. The summed E-state index contributed by atoms with van der Waals surface area (Å²) in [7, 11) is 0. The molecule has 0 aromatic heterocycles. The third-order valence-electron chi connectivity index (χ3n) is 1.76. The molecule has 0 atom stereocenters. The normalized spacial score (nSPS) is 9.60. The minimum atomic E-state index is 0.0170. The fourth-order valence-electron chi connectivity index (χ4n) is 1.01. The Morgan fingerprint density at radius 1 is 1.47 bits per heavy atom. The maximum atomic E-state index is 11.1. The number of hydrogen-bond acceptors (Lipinski definition) is 3. The van der Waals surface area contributed by atoms with Crippen molar-refractivity contribution in [1.29, 1.82) is 0 Å². The minimum Gasteiger partial charge on any atom is -0.345 e. The summed E-state index contributed by atoms with van der Waals surface area (Å²) in [4.78, 5) is 11.1. The number of amides is 1. The van der Waals surface area contributed by atoms with Gasteiger partial charge in [0.15, 0.2) is 0 Å². The first-order valence-corrected chi connectivity index (χ1v) is 6.45. The molecule has 1 amide bonds. The monoisotopic (exact) mass is 228 g/mol. The van der Waals surface area contributed by atoms with E-state index in [-0.39, 0.29) is 5.91 Å². The van der Waals surface area contributed by atoms with Gasteiger partial charge in [-0.3, -0.25) is 4.79 Å². The predicted molar refractivity (Wildman–Crippen MR) is 66.9 cm³/mol. The molecule has 0 heterocycles. The molecule has 0 bridgehead atoms. The number of rotatable bonds is 9. The molecule has 0 rings (SSSR count). The molecule has 2 N–H and O–H groups in total. The van der Waals surface area contributed by atoms with Gasteiger partial charge in [-0.25, -0.2) is 0 Å². The molecule has 0 saturated carbocycles. The third-order valence-corrected chi connectivity index (χ3v) is 2.75. The van der Waals surface area contributed by atoms with Crippen molar-refractivity contribution in [3.8, 4) is 12.3 Å². The van der Waals surface area contributed by atoms with Crippen molar-refractivity contribution in [1.82, 2.24) is 10.6 Å². The first kappa shape index (κ1) is 14.3. The topological polar surface area (TPSA) is 41.1 Å². The molecule has 4 heteroatoms. The Kier molecular flexibility index (Phi) is 10.9. The average molecular weight is 228 g/mol. The van der Waals surface area contributed by atoms with Crippen LogP contribution in [0.5, 0.6) is 0 Å². The minimum absolute atomic E-state index is 0.0170. The van der Waals surface area contributed by atoms with E-state index in [9.17, 15) is 4.79 Å². The van der Waals surface area contributed by atoms with E-state index in [1.54, 1.807) is 0 Å². The van der Waals surface area contributed by atoms with Gasteiger partial charge in [0.2, 0.25) is 5.91 Å². The van der Waals surface area contributed by atoms with E-state index in [4.69, 9.17) is 6.42 Å². The largest absolute Gasteiger partial charge is 0.345 e. The highest BCUT2D eigenvalue weighted by Crippen LogP contribution is 1.99. The molecule has 0 aliphatic rings. The molecule has 0 saturated heterocycles. The van der Waals surface area contributed by atoms with Crippen LogP contribution in [-0.4, -0.2) is 37.0 Å². The molecule has 0 radical (unpaired) electrons. The number of thioether (sulfide) groups is 1. The van der Waals surface area contributed by atoms with Gasteiger partial charge in [-0.2, -0.15) is 11.8 Å². The molecule has 0 aliphatic carbocycles. The predicted octanol–water partition coefficient (Wildman–Crippen LogP) is 0.859. The number of carbonyl (C=O) groups excluding carboxylic acids is 1. The zero-order valence-electron chi connectivity index (χ0n) is 9.34. The summed E-state index contributed by atoms with van der Waals surface area (Å²) >= 11 is 1.94. The number of terminal acetylenes is 1. The standard InChI is InChI=1S/C11H20N2OS/c1-3-7-13-11(14)6-9-12-8-5-10-15-4-2/h1,12H,4-10H2,2H3,(H,13,14). The quantitative estimate of drug-likeness (QED) is 0.454. The lowest BCUT2D eigenvalue weighted by atomic mass is 10.4. The van der Waals surface area contributed by atoms with E-state index in [0.717, 1.165) is 19.5 Å². The molecule has 0 fully saturated rings. The Balaban J connectivity index is 3.10. The summed E-state index contributed by atoms with van der Waals surface area (Å²) < 4.78 is 0. The van der Waals surface area contributed by atoms with Crippen molar-refractivity contribution >= 4 is 17.7 Å². The maximum absolute atomic E-state index is 11.1. The van der Waals surface area contributed by atoms with Crippen LogP contribution in [0.25, 0.3) is 0 Å². The lowest BCUT2D eigenvalue weighted by Gasteiger charge is -2.04. The van der Waals surface area contributed by atoms with E-state index in [1.165, 1.54) is 11.5 Å². The van der Waals surface area contributed by atoms with Gasteiger partial charge < -0.3 is 10.6 Å². The van der Waals surface area contributed by atoms with Gasteiger partial charge in [-0.15, -0.1) is 6.42 Å². The van der Waals surface area contributed by atoms with Crippen molar-refractivity contribution in [3.63, 3.8) is 0 Å². The van der Waals surface area contributed by atoms with Crippen LogP contribution in [0.3, 0.4) is 0 Å². The van der Waals surface area contributed by atoms with Crippen molar-refractivity contribution in [2.45, 2.75) is 19.8 Å². The number of hydrogen-bond donors (Lipinski definition) is 2. The molecule has 0 unspecified atom stereocenters. The zero-order valence-corrected chi connectivity index (χ0v) is 10.2. The van der Waals surface area contributed by atoms with Crippen LogP contribution in [0.4, 0.5) is 0 Å². The van der Waals surface area contributed by atoms with Crippen molar-refractivity contribution in [2.75, 3.05) is 31.1 Å². The fraction of sp³-hybridized carbons (Fsp3) is 0.727. The van der Waals surface area contributed by atoms with E-state index in [0.29, 0.717) is 13.0 Å². The van der Waals surface area contributed by atoms with Crippen LogP contribution >= 0.6 is 11.8 Å². The molecule has 0 spiro atoms. The lowest BCUT2D eigenvalue weighted by molar-refractivity contribution is -0.120. The van der Waals surface area contributed by atoms with Gasteiger partial charge in [-0.1, -0.05) is 12.8 Å². The van der Waals surface area contributed by atoms with Crippen molar-refractivity contribution in [3.05, 3.63) is 0 Å². The van der Waals surface area contributed by atoms with Gasteiger partial charge >= 0.3 is 0 Å². The van der Waals surface area contributed by atoms with Gasteiger partial charge in [0.25, 0.3) is 0 Å². The van der Waals surface area contributed by atoms with E-state index in [1.807, 2.05) is 11.8 Å². The van der Waals surface area contributed by atoms with Crippen LogP contribution in [0, 0.1) is 12.3 Å². The number of carbonyl (C=O) groups is 1. The molecular formula is C11H20N2OS. The summed E-state index contributed by atoms with van der Waals surface area (Å²) in [6, 6.07) is 0. The first-order valence-electron chi connectivity index (χ1n) is 5.30. The van der Waals surface area contributed by atoms with Gasteiger partial charge in [-0.05, 0) is 24.5 Å². The second-order valence-electron chi connectivity index (χ2n) is 3.03. The second kappa shape index (κ2) is 11.4. The summed E-state index contributed by atoms with van der Waals surface area (Å²) in [6.07, 6.45) is 6.68. The molecule has 3 nitrogen and oxygen atoms in total. The SMILES string of the molecule is C#CCNC(=O)CCNCCCSCC. The van der Waals surface area contributed by atoms with Crippen LogP contribution in [0.2, 0.25) is 0 Å². The number of nitrogens with one attached hydrogen (secondary N) is 2. The Morgan fingerprint density at radius 3 is 2.93 bits per heavy atom. The summed E-state index contributed by atoms with van der Waals surface area (Å²) in [5, 5.41) is 5.85. The summed E-state index contributed by atoms with van der Waals surface area (Å²) in [5.74, 6) is 4.75. The Labute approximate surface area is 96.8 Å². The first-order chi connectivity index (χ1) is 7.31. The second-order valence-corrected chi connectivity index (χ2v) is 4.43. The highest BCUT2D eigenvalue weighted by atomic mass is 32.2. The van der Waals surface area contributed by atoms with E-state index in [2.05, 4.69) is 23.5 Å². The zero-order chi connectivity index (χ0) is 11.4. The van der Waals surface area contributed by atoms with E-state index < -0.39 is 0 Å². The average Bonchev–Trinajstić information content (AvgIpc) is 2.25. The molecular weight excluding hydrogens is 208 g/mol. The molecule has 0 aromatic carbocycles. The lowest BCUT2D eigenvalue weighted by Crippen LogP contribution is -2.28. The van der Waals surface area contributed by atoms with Crippen LogP contribution in [0.15, 0.2) is 0 Å². The summed E-state index contributed by atoms with van der Waals surface area (Å²) in [5.41, 5.74) is 0. The Bertz CT molecular complexity index is 201. The van der Waals surface area contributed by atoms with Crippen molar-refractivity contribution in [2.24, 2.45) is 0 Å². The summed E-state index contributed by atoms with van der Waals surface area (Å²) in [6.45, 7) is 4.20. The molecule has 15 heavy (non-hydrogen) atoms. The highest BCUT2D eigenvalue weighted by molar-refractivity contribution is 7.99. The van der Waals surface area contributed by atoms with Gasteiger partial charge in [0.1, 0.15) is 0 Å². The van der Waals surface area contributed by atoms with Crippen LogP contribution in [0.1, 0.15) is 19.8 Å². The molecule has 0 aromatic rings. The molecule has 86 valence electrons. The van der Waals surface area contributed by atoms with Crippen LogP contribution < -0.4 is 10.6 Å². The fourth-order valence-corrected chi connectivity index (χ4v) is 1.65. The maximum Gasteiger partial charge on any atom is 0.222 e.